The molecule has 0 bridgehead atoms. The second-order valence-corrected chi connectivity index (χ2v) is 7.75. The molecule has 7 heteroatoms. The average molecular weight is 449 g/mol. The number of aliphatic hydroxyl groups is 1. The van der Waals surface area contributed by atoms with E-state index in [0.717, 1.165) is 16.8 Å². The van der Waals surface area contributed by atoms with Crippen molar-refractivity contribution >= 4 is 28.2 Å². The topological polar surface area (TPSA) is 76.1 Å². The zero-order valence-corrected chi connectivity index (χ0v) is 18.4. The summed E-state index contributed by atoms with van der Waals surface area (Å²) in [5.41, 5.74) is 0.608. The van der Waals surface area contributed by atoms with Crippen LogP contribution in [-0.4, -0.2) is 49.1 Å². The lowest BCUT2D eigenvalue weighted by molar-refractivity contribution is -0.140. The minimum absolute atomic E-state index is 0.0117. The van der Waals surface area contributed by atoms with Crippen molar-refractivity contribution in [1.82, 2.24) is 4.90 Å². The van der Waals surface area contributed by atoms with Gasteiger partial charge in [-0.05, 0) is 41.0 Å². The van der Waals surface area contributed by atoms with E-state index in [9.17, 15) is 19.1 Å². The normalized spacial score (nSPS) is 17.7. The van der Waals surface area contributed by atoms with E-state index in [0.29, 0.717) is 18.6 Å². The molecular formula is C26H24FNO5. The van der Waals surface area contributed by atoms with Gasteiger partial charge < -0.3 is 19.5 Å². The number of aliphatic hydroxyl groups excluding tert-OH is 1. The molecule has 0 aromatic heterocycles. The highest BCUT2D eigenvalue weighted by atomic mass is 19.1. The number of rotatable bonds is 7. The summed E-state index contributed by atoms with van der Waals surface area (Å²) < 4.78 is 24.4. The van der Waals surface area contributed by atoms with E-state index in [4.69, 9.17) is 9.47 Å². The van der Waals surface area contributed by atoms with Gasteiger partial charge in [0.1, 0.15) is 17.3 Å². The van der Waals surface area contributed by atoms with Gasteiger partial charge in [0.2, 0.25) is 0 Å². The molecule has 3 aromatic carbocycles. The Bertz CT molecular complexity index is 1250. The summed E-state index contributed by atoms with van der Waals surface area (Å²) in [5.74, 6) is -2.43. The lowest BCUT2D eigenvalue weighted by atomic mass is 9.91. The van der Waals surface area contributed by atoms with E-state index >= 15 is 0 Å². The molecule has 1 aliphatic heterocycles. The number of halogens is 1. The summed E-state index contributed by atoms with van der Waals surface area (Å²) in [6, 6.07) is 16.0. The molecule has 1 aliphatic rings. The highest BCUT2D eigenvalue weighted by Crippen LogP contribution is 2.43. The standard InChI is InChI=1S/C26H24FNO5/c1-32-14-6-13-28-23(19-10-5-8-16-7-3-4-9-18(16)19)22(25(30)26(28)31)24(29)20-15-17(27)11-12-21(20)33-2/h3-5,7-12,15,23,29H,6,13-14H2,1-2H3/b24-22+. The third-order valence-electron chi connectivity index (χ3n) is 5.82. The number of carbonyl (C=O) groups is 2. The van der Waals surface area contributed by atoms with Gasteiger partial charge in [-0.2, -0.15) is 0 Å². The molecule has 1 atom stereocenters. The predicted octanol–water partition coefficient (Wildman–Crippen LogP) is 4.45. The number of Topliss-reactive ketones (excluding diaryl/α,β-unsaturated/α-hetero) is 1. The van der Waals surface area contributed by atoms with Crippen molar-refractivity contribution in [2.75, 3.05) is 27.4 Å². The van der Waals surface area contributed by atoms with Crippen LogP contribution in [-0.2, 0) is 14.3 Å². The largest absolute Gasteiger partial charge is 0.507 e. The van der Waals surface area contributed by atoms with E-state index in [1.54, 1.807) is 7.11 Å². The van der Waals surface area contributed by atoms with Crippen LogP contribution in [0.3, 0.4) is 0 Å². The third kappa shape index (κ3) is 4.07. The van der Waals surface area contributed by atoms with Crippen LogP contribution in [0.15, 0.2) is 66.2 Å². The summed E-state index contributed by atoms with van der Waals surface area (Å²) in [5, 5.41) is 13.0. The van der Waals surface area contributed by atoms with Crippen molar-refractivity contribution in [2.24, 2.45) is 0 Å². The number of benzene rings is 3. The van der Waals surface area contributed by atoms with Crippen LogP contribution in [0.4, 0.5) is 4.39 Å². The first-order valence-electron chi connectivity index (χ1n) is 10.6. The predicted molar refractivity (Wildman–Crippen MR) is 122 cm³/mol. The molecule has 170 valence electrons. The van der Waals surface area contributed by atoms with Crippen LogP contribution in [0.2, 0.25) is 0 Å². The number of likely N-dealkylation sites (tertiary alicyclic amines) is 1. The second kappa shape index (κ2) is 9.42. The maximum atomic E-state index is 14.0. The van der Waals surface area contributed by atoms with Gasteiger partial charge in [-0.15, -0.1) is 0 Å². The van der Waals surface area contributed by atoms with E-state index < -0.39 is 29.3 Å². The van der Waals surface area contributed by atoms with Crippen LogP contribution in [0.1, 0.15) is 23.6 Å². The first-order valence-corrected chi connectivity index (χ1v) is 10.6. The third-order valence-corrected chi connectivity index (χ3v) is 5.82. The number of fused-ring (bicyclic) bond motifs is 1. The number of carbonyl (C=O) groups excluding carboxylic acids is 2. The second-order valence-electron chi connectivity index (χ2n) is 7.75. The zero-order valence-electron chi connectivity index (χ0n) is 18.4. The fraction of sp³-hybridized carbons (Fsp3) is 0.231. The maximum absolute atomic E-state index is 14.0. The maximum Gasteiger partial charge on any atom is 0.295 e. The lowest BCUT2D eigenvalue weighted by Crippen LogP contribution is -2.31. The summed E-state index contributed by atoms with van der Waals surface area (Å²) in [7, 11) is 2.95. The summed E-state index contributed by atoms with van der Waals surface area (Å²) in [6.45, 7) is 0.659. The van der Waals surface area contributed by atoms with Gasteiger partial charge in [0.05, 0.1) is 24.3 Å². The molecule has 0 spiro atoms. The Morgan fingerprint density at radius 1 is 1.06 bits per heavy atom. The molecule has 4 rings (SSSR count). The first-order chi connectivity index (χ1) is 16.0. The van der Waals surface area contributed by atoms with Gasteiger partial charge in [-0.1, -0.05) is 42.5 Å². The molecule has 1 fully saturated rings. The van der Waals surface area contributed by atoms with Crippen molar-refractivity contribution in [2.45, 2.75) is 12.5 Å². The quantitative estimate of drug-likeness (QED) is 0.250. The van der Waals surface area contributed by atoms with E-state index in [-0.39, 0.29) is 23.4 Å². The molecule has 1 saturated heterocycles. The minimum atomic E-state index is -0.846. The number of hydrogen-bond donors (Lipinski definition) is 1. The lowest BCUT2D eigenvalue weighted by Gasteiger charge is -2.26. The highest BCUT2D eigenvalue weighted by Gasteiger charge is 2.46. The van der Waals surface area contributed by atoms with Crippen LogP contribution in [0.5, 0.6) is 5.75 Å². The molecule has 3 aromatic rings. The van der Waals surface area contributed by atoms with Crippen molar-refractivity contribution in [3.05, 3.63) is 83.2 Å². The van der Waals surface area contributed by atoms with E-state index in [1.807, 2.05) is 42.5 Å². The van der Waals surface area contributed by atoms with Gasteiger partial charge in [-0.25, -0.2) is 4.39 Å². The Labute approximate surface area is 190 Å². The molecule has 1 N–H and O–H groups in total. The van der Waals surface area contributed by atoms with E-state index in [1.165, 1.54) is 24.1 Å². The fourth-order valence-electron chi connectivity index (χ4n) is 4.31. The van der Waals surface area contributed by atoms with E-state index in [2.05, 4.69) is 0 Å². The highest BCUT2D eigenvalue weighted by molar-refractivity contribution is 6.46. The van der Waals surface area contributed by atoms with Gasteiger partial charge in [0, 0.05) is 20.3 Å². The van der Waals surface area contributed by atoms with Crippen LogP contribution >= 0.6 is 0 Å². The SMILES string of the molecule is COCCCN1C(=O)C(=O)/C(=C(/O)c2cc(F)ccc2OC)C1c1cccc2ccccc12. The van der Waals surface area contributed by atoms with Crippen molar-refractivity contribution < 1.29 is 28.6 Å². The Kier molecular flexibility index (Phi) is 6.42. The van der Waals surface area contributed by atoms with Crippen LogP contribution < -0.4 is 4.74 Å². The summed E-state index contributed by atoms with van der Waals surface area (Å²) >= 11 is 0. The Morgan fingerprint density at radius 3 is 2.58 bits per heavy atom. The zero-order chi connectivity index (χ0) is 23.5. The van der Waals surface area contributed by atoms with Gasteiger partial charge in [0.15, 0.2) is 0 Å². The molecule has 33 heavy (non-hydrogen) atoms. The molecule has 6 nitrogen and oxygen atoms in total. The molecule has 1 amide bonds. The Morgan fingerprint density at radius 2 is 1.82 bits per heavy atom. The molecule has 1 unspecified atom stereocenters. The Balaban J connectivity index is 1.96. The summed E-state index contributed by atoms with van der Waals surface area (Å²) in [4.78, 5) is 27.7. The Hall–Kier alpha value is -3.71. The average Bonchev–Trinajstić information content (AvgIpc) is 3.08. The molecular weight excluding hydrogens is 425 g/mol. The van der Waals surface area contributed by atoms with Crippen LogP contribution in [0.25, 0.3) is 16.5 Å². The van der Waals surface area contributed by atoms with Crippen molar-refractivity contribution in [3.63, 3.8) is 0 Å². The monoisotopic (exact) mass is 449 g/mol. The van der Waals surface area contributed by atoms with Gasteiger partial charge in [-0.3, -0.25) is 9.59 Å². The number of ether oxygens (including phenoxy) is 2. The van der Waals surface area contributed by atoms with Crippen molar-refractivity contribution in [3.8, 4) is 5.75 Å². The smallest absolute Gasteiger partial charge is 0.295 e. The fourth-order valence-corrected chi connectivity index (χ4v) is 4.31. The first kappa shape index (κ1) is 22.5. The van der Waals surface area contributed by atoms with Crippen LogP contribution in [0, 0.1) is 5.82 Å². The number of methoxy groups -OCH3 is 2. The van der Waals surface area contributed by atoms with Crippen molar-refractivity contribution in [1.29, 1.82) is 0 Å². The molecule has 0 radical (unpaired) electrons. The number of ketones is 1. The number of amides is 1. The minimum Gasteiger partial charge on any atom is -0.507 e. The van der Waals surface area contributed by atoms with Gasteiger partial charge in [0.25, 0.3) is 11.7 Å². The summed E-state index contributed by atoms with van der Waals surface area (Å²) in [6.07, 6.45) is 0.508. The van der Waals surface area contributed by atoms with Gasteiger partial charge >= 0.3 is 0 Å². The molecule has 0 saturated carbocycles. The molecule has 1 heterocycles. The number of hydrogen-bond acceptors (Lipinski definition) is 5. The number of nitrogens with zero attached hydrogens (tertiary/aromatic N) is 1. The molecule has 0 aliphatic carbocycles.